The monoisotopic (exact) mass is 337 g/mol. The zero-order valence-electron chi connectivity index (χ0n) is 11.1. The first-order chi connectivity index (χ1) is 9.79. The molecule has 0 bridgehead atoms. The normalized spacial score (nSPS) is 20.2. The van der Waals surface area contributed by atoms with Gasteiger partial charge in [-0.3, -0.25) is 4.90 Å². The number of benzene rings is 1. The van der Waals surface area contributed by atoms with Crippen LogP contribution in [0.15, 0.2) is 16.6 Å². The number of nitrogens with one attached hydrogen (secondary N) is 1. The van der Waals surface area contributed by atoms with Gasteiger partial charge in [-0.1, -0.05) is 0 Å². The van der Waals surface area contributed by atoms with E-state index in [-0.39, 0.29) is 12.8 Å². The van der Waals surface area contributed by atoms with E-state index in [2.05, 4.69) is 32.2 Å². The summed E-state index contributed by atoms with van der Waals surface area (Å²) >= 11 is 3.49. The standard InChI is InChI=1S/C14H16BrN3O2/c15-11-6-10(7-13-14(11)20-9-19-13)12(8-16)18-4-1-2-17-3-5-18/h6-7,12,17H,1-5,9H2. The number of hydrogen-bond acceptors (Lipinski definition) is 5. The van der Waals surface area contributed by atoms with Crippen LogP contribution < -0.4 is 14.8 Å². The Kier molecular flexibility index (Phi) is 4.10. The molecule has 0 radical (unpaired) electrons. The van der Waals surface area contributed by atoms with Crippen molar-refractivity contribution in [1.82, 2.24) is 10.2 Å². The zero-order chi connectivity index (χ0) is 13.9. The third kappa shape index (κ3) is 2.62. The van der Waals surface area contributed by atoms with E-state index < -0.39 is 0 Å². The second-order valence-corrected chi connectivity index (χ2v) is 5.76. The molecule has 1 aromatic rings. The molecule has 0 spiro atoms. The van der Waals surface area contributed by atoms with Gasteiger partial charge in [-0.15, -0.1) is 0 Å². The fraction of sp³-hybridized carbons (Fsp3) is 0.500. The molecule has 106 valence electrons. The maximum Gasteiger partial charge on any atom is 0.231 e. The number of hydrogen-bond donors (Lipinski definition) is 1. The zero-order valence-corrected chi connectivity index (χ0v) is 12.6. The van der Waals surface area contributed by atoms with E-state index in [9.17, 15) is 5.26 Å². The molecule has 1 atom stereocenters. The summed E-state index contributed by atoms with van der Waals surface area (Å²) in [6.45, 7) is 3.98. The third-order valence-electron chi connectivity index (χ3n) is 3.63. The van der Waals surface area contributed by atoms with Crippen molar-refractivity contribution in [2.45, 2.75) is 12.5 Å². The van der Waals surface area contributed by atoms with Crippen LogP contribution in [0.4, 0.5) is 0 Å². The molecule has 1 N–H and O–H groups in total. The molecule has 2 heterocycles. The van der Waals surface area contributed by atoms with E-state index in [1.54, 1.807) is 0 Å². The first-order valence-electron chi connectivity index (χ1n) is 6.73. The van der Waals surface area contributed by atoms with E-state index in [0.29, 0.717) is 5.75 Å². The number of nitrogens with zero attached hydrogens (tertiary/aromatic N) is 2. The van der Waals surface area contributed by atoms with E-state index >= 15 is 0 Å². The lowest BCUT2D eigenvalue weighted by Gasteiger charge is -2.25. The van der Waals surface area contributed by atoms with Crippen LogP contribution in [0.1, 0.15) is 18.0 Å². The Morgan fingerprint density at radius 1 is 1.30 bits per heavy atom. The predicted octanol–water partition coefficient (Wildman–Crippen LogP) is 2.04. The molecule has 1 saturated heterocycles. The Hall–Kier alpha value is -1.29. The van der Waals surface area contributed by atoms with Gasteiger partial charge < -0.3 is 14.8 Å². The lowest BCUT2D eigenvalue weighted by molar-refractivity contribution is 0.173. The van der Waals surface area contributed by atoms with Crippen molar-refractivity contribution in [3.8, 4) is 17.6 Å². The summed E-state index contributed by atoms with van der Waals surface area (Å²) in [6.07, 6.45) is 1.06. The quantitative estimate of drug-likeness (QED) is 0.894. The molecule has 0 aliphatic carbocycles. The Balaban J connectivity index is 1.89. The minimum atomic E-state index is -0.249. The van der Waals surface area contributed by atoms with Gasteiger partial charge in [0.05, 0.1) is 10.5 Å². The van der Waals surface area contributed by atoms with Crippen LogP contribution >= 0.6 is 15.9 Å². The summed E-state index contributed by atoms with van der Waals surface area (Å²) in [7, 11) is 0. The van der Waals surface area contributed by atoms with E-state index in [0.717, 1.165) is 48.4 Å². The van der Waals surface area contributed by atoms with Crippen LogP contribution in [0.5, 0.6) is 11.5 Å². The van der Waals surface area contributed by atoms with Gasteiger partial charge in [-0.2, -0.15) is 5.26 Å². The van der Waals surface area contributed by atoms with E-state index in [1.807, 2.05) is 12.1 Å². The SMILES string of the molecule is N#CC(c1cc(Br)c2c(c1)OCO2)N1CCCNCC1. The highest BCUT2D eigenvalue weighted by Crippen LogP contribution is 2.41. The maximum atomic E-state index is 9.56. The Morgan fingerprint density at radius 2 is 2.20 bits per heavy atom. The van der Waals surface area contributed by atoms with Crippen molar-refractivity contribution >= 4 is 15.9 Å². The molecule has 6 heteroatoms. The molecule has 0 saturated carbocycles. The van der Waals surface area contributed by atoms with Gasteiger partial charge in [0.1, 0.15) is 6.04 Å². The smallest absolute Gasteiger partial charge is 0.231 e. The Labute approximate surface area is 126 Å². The van der Waals surface area contributed by atoms with Crippen LogP contribution in [0, 0.1) is 11.3 Å². The molecule has 1 aromatic carbocycles. The van der Waals surface area contributed by atoms with Crippen LogP contribution in [-0.2, 0) is 0 Å². The van der Waals surface area contributed by atoms with E-state index in [1.165, 1.54) is 0 Å². The summed E-state index contributed by atoms with van der Waals surface area (Å²) in [4.78, 5) is 2.21. The fourth-order valence-corrected chi connectivity index (χ4v) is 3.21. The number of ether oxygens (including phenoxy) is 2. The molecular formula is C14H16BrN3O2. The van der Waals surface area contributed by atoms with Crippen molar-refractivity contribution < 1.29 is 9.47 Å². The molecule has 2 aliphatic rings. The van der Waals surface area contributed by atoms with Crippen LogP contribution in [0.2, 0.25) is 0 Å². The molecule has 0 aromatic heterocycles. The van der Waals surface area contributed by atoms with Gasteiger partial charge in [0.25, 0.3) is 0 Å². The number of halogens is 1. The van der Waals surface area contributed by atoms with Crippen molar-refractivity contribution in [2.75, 3.05) is 33.0 Å². The average molecular weight is 338 g/mol. The van der Waals surface area contributed by atoms with Crippen molar-refractivity contribution in [2.24, 2.45) is 0 Å². The van der Waals surface area contributed by atoms with Gasteiger partial charge in [-0.05, 0) is 46.6 Å². The Morgan fingerprint density at radius 3 is 3.05 bits per heavy atom. The summed E-state index contributed by atoms with van der Waals surface area (Å²) in [5.74, 6) is 1.44. The van der Waals surface area contributed by atoms with Crippen molar-refractivity contribution in [3.63, 3.8) is 0 Å². The van der Waals surface area contributed by atoms with E-state index in [4.69, 9.17) is 9.47 Å². The molecule has 0 amide bonds. The van der Waals surface area contributed by atoms with Gasteiger partial charge >= 0.3 is 0 Å². The number of rotatable bonds is 2. The lowest BCUT2D eigenvalue weighted by atomic mass is 10.1. The summed E-state index contributed by atoms with van der Waals surface area (Å²) in [5.41, 5.74) is 0.950. The summed E-state index contributed by atoms with van der Waals surface area (Å²) in [5, 5.41) is 12.9. The molecule has 20 heavy (non-hydrogen) atoms. The fourth-order valence-electron chi connectivity index (χ4n) is 2.64. The van der Waals surface area contributed by atoms with Gasteiger partial charge in [-0.25, -0.2) is 0 Å². The first kappa shape index (κ1) is 13.7. The highest BCUT2D eigenvalue weighted by Gasteiger charge is 2.25. The number of fused-ring (bicyclic) bond motifs is 1. The van der Waals surface area contributed by atoms with Gasteiger partial charge in [0.15, 0.2) is 11.5 Å². The second kappa shape index (κ2) is 6.00. The molecule has 2 aliphatic heterocycles. The van der Waals surface area contributed by atoms with Crippen LogP contribution in [-0.4, -0.2) is 37.9 Å². The molecule has 1 fully saturated rings. The minimum Gasteiger partial charge on any atom is -0.454 e. The predicted molar refractivity (Wildman–Crippen MR) is 77.7 cm³/mol. The van der Waals surface area contributed by atoms with Crippen molar-refractivity contribution in [1.29, 1.82) is 5.26 Å². The minimum absolute atomic E-state index is 0.238. The third-order valence-corrected chi connectivity index (χ3v) is 4.22. The van der Waals surface area contributed by atoms with Crippen LogP contribution in [0.3, 0.4) is 0 Å². The van der Waals surface area contributed by atoms with Gasteiger partial charge in [0, 0.05) is 19.6 Å². The topological polar surface area (TPSA) is 57.5 Å². The molecule has 5 nitrogen and oxygen atoms in total. The second-order valence-electron chi connectivity index (χ2n) is 4.91. The molecular weight excluding hydrogens is 322 g/mol. The lowest BCUT2D eigenvalue weighted by Crippen LogP contribution is -2.31. The highest BCUT2D eigenvalue weighted by molar-refractivity contribution is 9.10. The van der Waals surface area contributed by atoms with Gasteiger partial charge in [0.2, 0.25) is 6.79 Å². The summed E-state index contributed by atoms with van der Waals surface area (Å²) in [6, 6.07) is 6.04. The average Bonchev–Trinajstić information content (AvgIpc) is 2.76. The maximum absolute atomic E-state index is 9.56. The number of nitriles is 1. The molecule has 3 rings (SSSR count). The largest absolute Gasteiger partial charge is 0.454 e. The highest BCUT2D eigenvalue weighted by atomic mass is 79.9. The summed E-state index contributed by atoms with van der Waals surface area (Å²) < 4.78 is 11.7. The Bertz CT molecular complexity index is 536. The molecule has 1 unspecified atom stereocenters. The first-order valence-corrected chi connectivity index (χ1v) is 7.52. The van der Waals surface area contributed by atoms with Crippen molar-refractivity contribution in [3.05, 3.63) is 22.2 Å². The van der Waals surface area contributed by atoms with Crippen LogP contribution in [0.25, 0.3) is 0 Å².